The van der Waals surface area contributed by atoms with Crippen LogP contribution in [0, 0.1) is 5.92 Å². The Morgan fingerprint density at radius 3 is 2.89 bits per heavy atom. The minimum absolute atomic E-state index is 0.00191. The van der Waals surface area contributed by atoms with Crippen LogP contribution in [0.3, 0.4) is 0 Å². The lowest BCUT2D eigenvalue weighted by atomic mass is 9.98. The number of amides is 1. The molecule has 0 radical (unpaired) electrons. The Morgan fingerprint density at radius 1 is 1.37 bits per heavy atom. The Bertz CT molecular complexity index is 945. The van der Waals surface area contributed by atoms with Gasteiger partial charge in [0.2, 0.25) is 5.91 Å². The van der Waals surface area contributed by atoms with Gasteiger partial charge >= 0.3 is 6.18 Å². The molecular weight excluding hydrogens is 377 g/mol. The third-order valence-corrected chi connectivity index (χ3v) is 5.52. The number of nitrogens with zero attached hydrogens (tertiary/aromatic N) is 2. The first-order valence-electron chi connectivity index (χ1n) is 8.45. The van der Waals surface area contributed by atoms with E-state index >= 15 is 0 Å². The van der Waals surface area contributed by atoms with Gasteiger partial charge in [0.15, 0.2) is 0 Å². The van der Waals surface area contributed by atoms with Crippen LogP contribution in [0.2, 0.25) is 0 Å². The number of hydrogen-bond donors (Lipinski definition) is 2. The van der Waals surface area contributed by atoms with Crippen molar-refractivity contribution >= 4 is 28.1 Å². The summed E-state index contributed by atoms with van der Waals surface area (Å²) in [5, 5.41) is 3.47. The van der Waals surface area contributed by atoms with Crippen LogP contribution < -0.4 is 5.32 Å². The van der Waals surface area contributed by atoms with Crippen LogP contribution in [0.4, 0.5) is 13.2 Å². The molecule has 4 rings (SSSR count). The van der Waals surface area contributed by atoms with Gasteiger partial charge in [0.05, 0.1) is 23.5 Å². The molecule has 9 heteroatoms. The summed E-state index contributed by atoms with van der Waals surface area (Å²) in [5.41, 5.74) is 2.55. The van der Waals surface area contributed by atoms with Crippen molar-refractivity contribution in [2.45, 2.75) is 19.3 Å². The van der Waals surface area contributed by atoms with Crippen molar-refractivity contribution in [2.75, 3.05) is 13.1 Å². The first kappa shape index (κ1) is 18.0. The maximum atomic E-state index is 12.9. The van der Waals surface area contributed by atoms with Crippen LogP contribution >= 0.6 is 11.3 Å². The van der Waals surface area contributed by atoms with Crippen LogP contribution in [-0.2, 0) is 24.1 Å². The number of alkyl halides is 3. The number of thiazole rings is 1. The van der Waals surface area contributed by atoms with Gasteiger partial charge in [-0.05, 0) is 23.8 Å². The Morgan fingerprint density at radius 2 is 2.19 bits per heavy atom. The minimum atomic E-state index is -4.36. The Kier molecular flexibility index (Phi) is 4.65. The zero-order valence-electron chi connectivity index (χ0n) is 14.2. The lowest BCUT2D eigenvalue weighted by Crippen LogP contribution is -2.52. The van der Waals surface area contributed by atoms with E-state index in [1.807, 2.05) is 0 Å². The Labute approximate surface area is 157 Å². The number of halogens is 3. The van der Waals surface area contributed by atoms with E-state index in [4.69, 9.17) is 0 Å². The van der Waals surface area contributed by atoms with E-state index in [0.29, 0.717) is 37.1 Å². The lowest BCUT2D eigenvalue weighted by molar-refractivity contribution is -0.137. The first-order valence-corrected chi connectivity index (χ1v) is 9.33. The number of hydrogen-bond acceptors (Lipinski definition) is 4. The maximum absolute atomic E-state index is 12.9. The highest BCUT2D eigenvalue weighted by Gasteiger charge is 2.33. The second kappa shape index (κ2) is 6.97. The number of aromatic nitrogens is 2. The van der Waals surface area contributed by atoms with Crippen LogP contribution in [0.1, 0.15) is 16.0 Å². The van der Waals surface area contributed by atoms with Crippen LogP contribution in [-0.4, -0.2) is 33.9 Å². The fourth-order valence-electron chi connectivity index (χ4n) is 3.24. The van der Waals surface area contributed by atoms with Gasteiger partial charge in [0, 0.05) is 47.8 Å². The van der Waals surface area contributed by atoms with E-state index in [1.54, 1.807) is 17.9 Å². The van der Waals surface area contributed by atoms with Gasteiger partial charge in [-0.2, -0.15) is 13.2 Å². The zero-order valence-corrected chi connectivity index (χ0v) is 15.0. The van der Waals surface area contributed by atoms with Crippen molar-refractivity contribution in [1.82, 2.24) is 20.2 Å². The standard InChI is InChI=1S/C18H17F3N4OS/c19-18(20,21)13-1-2-16-15(3-13)11(4-23-16)7-25-8-12(9-25)17(26)24-6-14-5-22-10-27-14/h1-5,10,12,23H,6-9H2,(H,24,26). The van der Waals surface area contributed by atoms with Crippen molar-refractivity contribution in [1.29, 1.82) is 0 Å². The number of benzene rings is 1. The van der Waals surface area contributed by atoms with Gasteiger partial charge in [0.1, 0.15) is 0 Å². The van der Waals surface area contributed by atoms with E-state index in [9.17, 15) is 18.0 Å². The van der Waals surface area contributed by atoms with Crippen molar-refractivity contribution < 1.29 is 18.0 Å². The topological polar surface area (TPSA) is 61.0 Å². The SMILES string of the molecule is O=C(NCc1cncs1)C1CN(Cc2c[nH]c3ccc(C(F)(F)F)cc23)C1. The number of aromatic amines is 1. The maximum Gasteiger partial charge on any atom is 0.416 e. The molecule has 1 aromatic carbocycles. The molecule has 0 atom stereocenters. The highest BCUT2D eigenvalue weighted by molar-refractivity contribution is 7.09. The average molecular weight is 394 g/mol. The predicted octanol–water partition coefficient (Wildman–Crippen LogP) is 3.39. The molecule has 1 fully saturated rings. The quantitative estimate of drug-likeness (QED) is 0.697. The monoisotopic (exact) mass is 394 g/mol. The molecule has 0 saturated carbocycles. The van der Waals surface area contributed by atoms with Gasteiger partial charge < -0.3 is 10.3 Å². The van der Waals surface area contributed by atoms with E-state index in [0.717, 1.165) is 16.5 Å². The molecule has 0 aliphatic carbocycles. The molecule has 2 aromatic heterocycles. The zero-order chi connectivity index (χ0) is 19.0. The van der Waals surface area contributed by atoms with E-state index in [2.05, 4.69) is 20.2 Å². The molecule has 1 aliphatic heterocycles. The number of carbonyl (C=O) groups is 1. The largest absolute Gasteiger partial charge is 0.416 e. The summed E-state index contributed by atoms with van der Waals surface area (Å²) < 4.78 is 38.8. The van der Waals surface area contributed by atoms with Crippen molar-refractivity contribution in [3.8, 4) is 0 Å². The number of likely N-dealkylation sites (tertiary alicyclic amines) is 1. The summed E-state index contributed by atoms with van der Waals surface area (Å²) >= 11 is 1.49. The Balaban J connectivity index is 1.35. The minimum Gasteiger partial charge on any atom is -0.361 e. The summed E-state index contributed by atoms with van der Waals surface area (Å²) in [6, 6.07) is 3.71. The van der Waals surface area contributed by atoms with Crippen molar-refractivity contribution in [3.63, 3.8) is 0 Å². The summed E-state index contributed by atoms with van der Waals surface area (Å²) in [6.45, 7) is 2.18. The first-order chi connectivity index (χ1) is 12.9. The average Bonchev–Trinajstić information content (AvgIpc) is 3.24. The second-order valence-corrected chi connectivity index (χ2v) is 7.62. The molecule has 142 valence electrons. The lowest BCUT2D eigenvalue weighted by Gasteiger charge is -2.38. The number of rotatable bonds is 5. The van der Waals surface area contributed by atoms with E-state index in [1.165, 1.54) is 23.5 Å². The number of nitrogens with one attached hydrogen (secondary N) is 2. The second-order valence-electron chi connectivity index (χ2n) is 6.65. The van der Waals surface area contributed by atoms with Gasteiger partial charge in [-0.1, -0.05) is 0 Å². The van der Waals surface area contributed by atoms with E-state index < -0.39 is 11.7 Å². The van der Waals surface area contributed by atoms with Gasteiger partial charge in [0.25, 0.3) is 0 Å². The third-order valence-electron chi connectivity index (χ3n) is 4.74. The van der Waals surface area contributed by atoms with Crippen LogP contribution in [0.5, 0.6) is 0 Å². The fraction of sp³-hybridized carbons (Fsp3) is 0.333. The van der Waals surface area contributed by atoms with Gasteiger partial charge in [-0.3, -0.25) is 14.7 Å². The van der Waals surface area contributed by atoms with Gasteiger partial charge in [-0.15, -0.1) is 11.3 Å². The molecular formula is C18H17F3N4OS. The molecule has 2 N–H and O–H groups in total. The summed E-state index contributed by atoms with van der Waals surface area (Å²) in [6.07, 6.45) is -0.896. The fourth-order valence-corrected chi connectivity index (χ4v) is 3.77. The summed E-state index contributed by atoms with van der Waals surface area (Å²) in [4.78, 5) is 22.2. The predicted molar refractivity (Wildman–Crippen MR) is 96.0 cm³/mol. The van der Waals surface area contributed by atoms with Crippen LogP contribution in [0.25, 0.3) is 10.9 Å². The normalized spacial score (nSPS) is 15.8. The van der Waals surface area contributed by atoms with Gasteiger partial charge in [-0.25, -0.2) is 0 Å². The molecule has 3 heterocycles. The highest BCUT2D eigenvalue weighted by Crippen LogP contribution is 2.33. The summed E-state index contributed by atoms with van der Waals surface area (Å²) in [7, 11) is 0. The molecule has 27 heavy (non-hydrogen) atoms. The number of H-pyrrole nitrogens is 1. The number of fused-ring (bicyclic) bond motifs is 1. The summed E-state index contributed by atoms with van der Waals surface area (Å²) in [5.74, 6) is -0.0909. The van der Waals surface area contributed by atoms with E-state index in [-0.39, 0.29) is 11.8 Å². The molecule has 1 amide bonds. The smallest absolute Gasteiger partial charge is 0.361 e. The van der Waals surface area contributed by atoms with Crippen molar-refractivity contribution in [2.24, 2.45) is 5.92 Å². The molecule has 0 bridgehead atoms. The van der Waals surface area contributed by atoms with Crippen LogP contribution in [0.15, 0.2) is 36.1 Å². The molecule has 0 unspecified atom stereocenters. The van der Waals surface area contributed by atoms with Crippen molar-refractivity contribution in [3.05, 3.63) is 52.1 Å². The highest BCUT2D eigenvalue weighted by atomic mass is 32.1. The molecule has 3 aromatic rings. The molecule has 1 aliphatic rings. The Hall–Kier alpha value is -2.39. The third kappa shape index (κ3) is 3.84. The molecule has 5 nitrogen and oxygen atoms in total. The number of carbonyl (C=O) groups excluding carboxylic acids is 1. The molecule has 0 spiro atoms. The molecule has 1 saturated heterocycles.